The maximum Gasteiger partial charge on any atom is 0.249 e. The van der Waals surface area contributed by atoms with E-state index in [1.54, 1.807) is 36.4 Å². The van der Waals surface area contributed by atoms with Gasteiger partial charge in [-0.15, -0.1) is 0 Å². The number of benzene rings is 2. The van der Waals surface area contributed by atoms with Gasteiger partial charge in [0.05, 0.1) is 6.42 Å². The molecule has 32 heavy (non-hydrogen) atoms. The van der Waals surface area contributed by atoms with Crippen LogP contribution >= 0.6 is 0 Å². The summed E-state index contributed by atoms with van der Waals surface area (Å²) < 4.78 is 13.2. The summed E-state index contributed by atoms with van der Waals surface area (Å²) in [6, 6.07) is 12.1. The van der Waals surface area contributed by atoms with Crippen LogP contribution in [-0.4, -0.2) is 60.7 Å². The van der Waals surface area contributed by atoms with Crippen LogP contribution < -0.4 is 15.5 Å². The number of anilines is 2. The number of hydrogen-bond acceptors (Lipinski definition) is 6. The van der Waals surface area contributed by atoms with Crippen LogP contribution in [0.25, 0.3) is 0 Å². The number of halogens is 1. The standard InChI is InChI=1S/C23H24FN5O3/c1-15(30)16-2-6-18(7-3-16)25-22(32)20-14-21(31)27-23(26-20)29-12-10-28(11-13-29)19-8-4-17(24)5-9-19/h2-9,20H,10-14H2,1H3,(H,25,32)(H,26,27,31)/t20-/m0/s1. The van der Waals surface area contributed by atoms with E-state index in [0.717, 1.165) is 5.69 Å². The second-order valence-electron chi connectivity index (χ2n) is 7.79. The summed E-state index contributed by atoms with van der Waals surface area (Å²) in [6.07, 6.45) is -0.0313. The van der Waals surface area contributed by atoms with Crippen molar-refractivity contribution in [3.8, 4) is 0 Å². The second kappa shape index (κ2) is 9.17. The summed E-state index contributed by atoms with van der Waals surface area (Å²) in [5.41, 5.74) is 2.03. The average Bonchev–Trinajstić information content (AvgIpc) is 2.79. The smallest absolute Gasteiger partial charge is 0.249 e. The van der Waals surface area contributed by atoms with Crippen LogP contribution in [0.5, 0.6) is 0 Å². The van der Waals surface area contributed by atoms with Gasteiger partial charge in [-0.05, 0) is 55.5 Å². The number of nitrogens with zero attached hydrogens (tertiary/aromatic N) is 3. The van der Waals surface area contributed by atoms with E-state index < -0.39 is 6.04 Å². The van der Waals surface area contributed by atoms with Crippen LogP contribution in [0.15, 0.2) is 53.5 Å². The Morgan fingerprint density at radius 2 is 1.62 bits per heavy atom. The number of guanidine groups is 1. The van der Waals surface area contributed by atoms with Gasteiger partial charge in [-0.1, -0.05) is 0 Å². The van der Waals surface area contributed by atoms with Crippen molar-refractivity contribution >= 4 is 34.9 Å². The highest BCUT2D eigenvalue weighted by atomic mass is 19.1. The Balaban J connectivity index is 1.39. The highest BCUT2D eigenvalue weighted by molar-refractivity contribution is 6.06. The SMILES string of the molecule is CC(=O)c1ccc(NC(=O)[C@@H]2CC(=O)NC(N3CCN(c4ccc(F)cc4)CC3)=N2)cc1. The van der Waals surface area contributed by atoms with Gasteiger partial charge in [-0.3, -0.25) is 19.7 Å². The Hall–Kier alpha value is -3.75. The first-order chi connectivity index (χ1) is 15.4. The molecule has 0 aliphatic carbocycles. The zero-order valence-electron chi connectivity index (χ0n) is 17.7. The van der Waals surface area contributed by atoms with Gasteiger partial charge in [0, 0.05) is 43.1 Å². The number of carbonyl (C=O) groups excluding carboxylic acids is 3. The third kappa shape index (κ3) is 4.93. The molecular weight excluding hydrogens is 413 g/mol. The Bertz CT molecular complexity index is 1040. The topological polar surface area (TPSA) is 94.1 Å². The molecule has 0 aromatic heterocycles. The lowest BCUT2D eigenvalue weighted by Crippen LogP contribution is -2.56. The van der Waals surface area contributed by atoms with Crippen molar-refractivity contribution in [2.24, 2.45) is 4.99 Å². The summed E-state index contributed by atoms with van der Waals surface area (Å²) in [5, 5.41) is 5.53. The van der Waals surface area contributed by atoms with Gasteiger partial charge in [0.1, 0.15) is 11.9 Å². The van der Waals surface area contributed by atoms with E-state index >= 15 is 0 Å². The highest BCUT2D eigenvalue weighted by Gasteiger charge is 2.30. The monoisotopic (exact) mass is 437 g/mol. The van der Waals surface area contributed by atoms with Gasteiger partial charge >= 0.3 is 0 Å². The summed E-state index contributed by atoms with van der Waals surface area (Å²) in [7, 11) is 0. The molecule has 9 heteroatoms. The predicted octanol–water partition coefficient (Wildman–Crippen LogP) is 2.03. The van der Waals surface area contributed by atoms with Crippen LogP contribution in [0, 0.1) is 5.82 Å². The van der Waals surface area contributed by atoms with Crippen molar-refractivity contribution in [2.75, 3.05) is 36.4 Å². The number of piperazine rings is 1. The number of ketones is 1. The van der Waals surface area contributed by atoms with E-state index in [1.807, 2.05) is 4.90 Å². The van der Waals surface area contributed by atoms with Gasteiger partial charge in [-0.25, -0.2) is 9.38 Å². The van der Waals surface area contributed by atoms with Gasteiger partial charge < -0.3 is 15.1 Å². The molecule has 2 N–H and O–H groups in total. The van der Waals surface area contributed by atoms with Crippen molar-refractivity contribution in [3.63, 3.8) is 0 Å². The molecule has 2 aromatic carbocycles. The minimum Gasteiger partial charge on any atom is -0.368 e. The van der Waals surface area contributed by atoms with Crippen molar-refractivity contribution in [1.82, 2.24) is 10.2 Å². The van der Waals surface area contributed by atoms with Crippen LogP contribution in [-0.2, 0) is 9.59 Å². The summed E-state index contributed by atoms with van der Waals surface area (Å²) in [4.78, 5) is 44.9. The molecule has 0 saturated carbocycles. The molecule has 2 amide bonds. The zero-order valence-corrected chi connectivity index (χ0v) is 17.7. The molecule has 2 aromatic rings. The first-order valence-corrected chi connectivity index (χ1v) is 10.4. The minimum atomic E-state index is -0.832. The number of Topliss-reactive ketones (excluding diaryl/α,β-unsaturated/α-hetero) is 1. The molecule has 1 fully saturated rings. The molecule has 1 saturated heterocycles. The molecule has 0 unspecified atom stereocenters. The first-order valence-electron chi connectivity index (χ1n) is 10.4. The molecule has 2 aliphatic rings. The Morgan fingerprint density at radius 3 is 2.25 bits per heavy atom. The summed E-state index contributed by atoms with van der Waals surface area (Å²) >= 11 is 0. The lowest BCUT2D eigenvalue weighted by atomic mass is 10.1. The number of rotatable bonds is 4. The number of carbonyl (C=O) groups is 3. The predicted molar refractivity (Wildman–Crippen MR) is 119 cm³/mol. The number of amides is 2. The molecule has 1 atom stereocenters. The van der Waals surface area contributed by atoms with E-state index in [1.165, 1.54) is 19.1 Å². The van der Waals surface area contributed by atoms with E-state index in [4.69, 9.17) is 0 Å². The third-order valence-electron chi connectivity index (χ3n) is 5.54. The van der Waals surface area contributed by atoms with E-state index in [9.17, 15) is 18.8 Å². The molecule has 0 bridgehead atoms. The van der Waals surface area contributed by atoms with Crippen LogP contribution in [0.2, 0.25) is 0 Å². The van der Waals surface area contributed by atoms with E-state index in [0.29, 0.717) is 43.4 Å². The molecule has 8 nitrogen and oxygen atoms in total. The van der Waals surface area contributed by atoms with Crippen LogP contribution in [0.4, 0.5) is 15.8 Å². The molecule has 166 valence electrons. The third-order valence-corrected chi connectivity index (χ3v) is 5.54. The number of hydrogen-bond donors (Lipinski definition) is 2. The maximum absolute atomic E-state index is 13.2. The minimum absolute atomic E-state index is 0.0313. The Morgan fingerprint density at radius 1 is 1.00 bits per heavy atom. The lowest BCUT2D eigenvalue weighted by Gasteiger charge is -2.38. The van der Waals surface area contributed by atoms with Gasteiger partial charge in [0.15, 0.2) is 5.78 Å². The summed E-state index contributed by atoms with van der Waals surface area (Å²) in [6.45, 7) is 4.05. The fourth-order valence-corrected chi connectivity index (χ4v) is 3.73. The van der Waals surface area contributed by atoms with Crippen LogP contribution in [0.3, 0.4) is 0 Å². The number of nitrogens with one attached hydrogen (secondary N) is 2. The van der Waals surface area contributed by atoms with Gasteiger partial charge in [0.25, 0.3) is 0 Å². The zero-order chi connectivity index (χ0) is 22.7. The Kier molecular flexibility index (Phi) is 6.16. The lowest BCUT2D eigenvalue weighted by molar-refractivity contribution is -0.125. The van der Waals surface area contributed by atoms with Gasteiger partial charge in [0.2, 0.25) is 17.8 Å². The first kappa shape index (κ1) is 21.5. The number of aliphatic imine (C=N–C) groups is 1. The highest BCUT2D eigenvalue weighted by Crippen LogP contribution is 2.18. The van der Waals surface area contributed by atoms with Gasteiger partial charge in [-0.2, -0.15) is 0 Å². The van der Waals surface area contributed by atoms with Crippen molar-refractivity contribution in [1.29, 1.82) is 0 Å². The normalized spacial score (nSPS) is 18.6. The molecular formula is C23H24FN5O3. The largest absolute Gasteiger partial charge is 0.368 e. The Labute approximate surface area is 185 Å². The second-order valence-corrected chi connectivity index (χ2v) is 7.79. The van der Waals surface area contributed by atoms with Crippen molar-refractivity contribution in [2.45, 2.75) is 19.4 Å². The van der Waals surface area contributed by atoms with E-state index in [2.05, 4.69) is 20.5 Å². The van der Waals surface area contributed by atoms with Crippen molar-refractivity contribution < 1.29 is 18.8 Å². The molecule has 4 rings (SSSR count). The van der Waals surface area contributed by atoms with E-state index in [-0.39, 0.29) is 29.8 Å². The average molecular weight is 437 g/mol. The fourth-order valence-electron chi connectivity index (χ4n) is 3.73. The van der Waals surface area contributed by atoms with Crippen molar-refractivity contribution in [3.05, 3.63) is 59.9 Å². The maximum atomic E-state index is 13.2. The fraction of sp³-hybridized carbons (Fsp3) is 0.304. The molecule has 0 spiro atoms. The molecule has 2 heterocycles. The van der Waals surface area contributed by atoms with Crippen LogP contribution in [0.1, 0.15) is 23.7 Å². The molecule has 0 radical (unpaired) electrons. The quantitative estimate of drug-likeness (QED) is 0.714. The summed E-state index contributed by atoms with van der Waals surface area (Å²) in [5.74, 6) is -0.570. The molecule has 2 aliphatic heterocycles.